The predicted molar refractivity (Wildman–Crippen MR) is 101 cm³/mol. The molecule has 28 heavy (non-hydrogen) atoms. The van der Waals surface area contributed by atoms with Gasteiger partial charge in [0.05, 0.1) is 17.9 Å². The molecular formula is C19H19FN6O2. The van der Waals surface area contributed by atoms with Crippen molar-refractivity contribution < 1.29 is 9.50 Å². The molecule has 2 heterocycles. The molecule has 0 spiro atoms. The highest BCUT2D eigenvalue weighted by atomic mass is 19.1. The Balaban J connectivity index is 1.77. The topological polar surface area (TPSA) is 109 Å². The first-order valence-corrected chi connectivity index (χ1v) is 8.98. The number of aliphatic hydroxyl groups excluding tert-OH is 1. The second-order valence-electron chi connectivity index (χ2n) is 7.12. The van der Waals surface area contributed by atoms with Crippen molar-refractivity contribution in [3.63, 3.8) is 0 Å². The summed E-state index contributed by atoms with van der Waals surface area (Å²) in [6, 6.07) is 4.37. The minimum Gasteiger partial charge on any atom is -0.393 e. The summed E-state index contributed by atoms with van der Waals surface area (Å²) >= 11 is 0. The maximum absolute atomic E-state index is 14.0. The molecule has 4 rings (SSSR count). The van der Waals surface area contributed by atoms with E-state index in [2.05, 4.69) is 15.3 Å². The summed E-state index contributed by atoms with van der Waals surface area (Å²) in [4.78, 5) is 21.4. The predicted octanol–water partition coefficient (Wildman–Crippen LogP) is 2.28. The molecule has 1 aliphatic carbocycles. The molecule has 1 aromatic carbocycles. The monoisotopic (exact) mass is 382 g/mol. The molecule has 9 heteroatoms. The van der Waals surface area contributed by atoms with Crippen LogP contribution >= 0.6 is 0 Å². The molecule has 2 aromatic heterocycles. The molecule has 1 aliphatic rings. The highest BCUT2D eigenvalue weighted by Crippen LogP contribution is 2.31. The van der Waals surface area contributed by atoms with E-state index in [4.69, 9.17) is 5.26 Å². The third-order valence-corrected chi connectivity index (χ3v) is 5.26. The van der Waals surface area contributed by atoms with E-state index in [0.29, 0.717) is 41.7 Å². The van der Waals surface area contributed by atoms with Crippen LogP contribution in [-0.4, -0.2) is 30.3 Å². The van der Waals surface area contributed by atoms with Gasteiger partial charge in [0.25, 0.3) is 0 Å². The van der Waals surface area contributed by atoms with Crippen LogP contribution < -0.4 is 11.0 Å². The van der Waals surface area contributed by atoms with Gasteiger partial charge in [0.1, 0.15) is 17.4 Å². The molecule has 1 fully saturated rings. The van der Waals surface area contributed by atoms with Crippen LogP contribution in [0.1, 0.15) is 36.4 Å². The maximum atomic E-state index is 14.0. The van der Waals surface area contributed by atoms with Crippen molar-refractivity contribution in [1.29, 1.82) is 5.26 Å². The Morgan fingerprint density at radius 2 is 2.18 bits per heavy atom. The molecule has 2 N–H and O–H groups in total. The number of nitrogens with zero attached hydrogens (tertiary/aromatic N) is 5. The lowest BCUT2D eigenvalue weighted by Gasteiger charge is -2.12. The van der Waals surface area contributed by atoms with E-state index in [1.165, 1.54) is 16.7 Å². The fourth-order valence-electron chi connectivity index (χ4n) is 3.72. The van der Waals surface area contributed by atoms with E-state index >= 15 is 0 Å². The van der Waals surface area contributed by atoms with Crippen LogP contribution in [0.15, 0.2) is 23.1 Å². The zero-order valence-electron chi connectivity index (χ0n) is 15.5. The van der Waals surface area contributed by atoms with Gasteiger partial charge in [0.2, 0.25) is 5.95 Å². The Hall–Kier alpha value is -3.25. The molecule has 0 radical (unpaired) electrons. The summed E-state index contributed by atoms with van der Waals surface area (Å²) in [5.41, 5.74) is 1.93. The third-order valence-electron chi connectivity index (χ3n) is 5.26. The molecule has 0 aliphatic heterocycles. The molecule has 144 valence electrons. The number of halogens is 1. The van der Waals surface area contributed by atoms with Crippen molar-refractivity contribution in [2.45, 2.75) is 38.3 Å². The number of nitrogens with one attached hydrogen (secondary N) is 1. The van der Waals surface area contributed by atoms with E-state index < -0.39 is 11.9 Å². The number of imidazole rings is 1. The SMILES string of the molecule is Cc1cc(C#N)c(F)cc1Nc1ncc2c(n1)n(C1CCC(O)C1)c(=O)n2C. The van der Waals surface area contributed by atoms with E-state index in [1.54, 1.807) is 24.7 Å². The van der Waals surface area contributed by atoms with Gasteiger partial charge in [-0.25, -0.2) is 14.2 Å². The fraction of sp³-hybridized carbons (Fsp3) is 0.368. The largest absolute Gasteiger partial charge is 0.393 e. The van der Waals surface area contributed by atoms with Crippen molar-refractivity contribution in [2.24, 2.45) is 7.05 Å². The summed E-state index contributed by atoms with van der Waals surface area (Å²) in [6.45, 7) is 1.75. The van der Waals surface area contributed by atoms with Gasteiger partial charge in [-0.05, 0) is 43.9 Å². The molecule has 0 saturated heterocycles. The van der Waals surface area contributed by atoms with E-state index in [-0.39, 0.29) is 23.2 Å². The Morgan fingerprint density at radius 3 is 2.86 bits per heavy atom. The third kappa shape index (κ3) is 2.92. The van der Waals surface area contributed by atoms with Gasteiger partial charge in [0.15, 0.2) is 5.65 Å². The first kappa shape index (κ1) is 18.1. The lowest BCUT2D eigenvalue weighted by atomic mass is 10.1. The lowest BCUT2D eigenvalue weighted by Crippen LogP contribution is -2.25. The zero-order chi connectivity index (χ0) is 20.0. The number of nitriles is 1. The molecule has 8 nitrogen and oxygen atoms in total. The normalized spacial score (nSPS) is 19.1. The summed E-state index contributed by atoms with van der Waals surface area (Å²) in [6.07, 6.45) is 2.98. The van der Waals surface area contributed by atoms with E-state index in [0.717, 1.165) is 0 Å². The Morgan fingerprint density at radius 1 is 1.39 bits per heavy atom. The Labute approximate surface area is 159 Å². The summed E-state index contributed by atoms with van der Waals surface area (Å²) in [7, 11) is 1.66. The van der Waals surface area contributed by atoms with E-state index in [1.807, 2.05) is 6.07 Å². The second-order valence-corrected chi connectivity index (χ2v) is 7.12. The molecule has 2 atom stereocenters. The number of aliphatic hydroxyl groups is 1. The summed E-state index contributed by atoms with van der Waals surface area (Å²) in [5, 5.41) is 21.8. The van der Waals surface area contributed by atoms with Crippen molar-refractivity contribution >= 4 is 22.8 Å². The van der Waals surface area contributed by atoms with Gasteiger partial charge in [-0.15, -0.1) is 0 Å². The van der Waals surface area contributed by atoms with Crippen LogP contribution in [0.4, 0.5) is 16.0 Å². The second kappa shape index (κ2) is 6.73. The van der Waals surface area contributed by atoms with Crippen LogP contribution in [0.5, 0.6) is 0 Å². The molecule has 2 unspecified atom stereocenters. The minimum absolute atomic E-state index is 0.0314. The van der Waals surface area contributed by atoms with Crippen molar-refractivity contribution in [3.8, 4) is 6.07 Å². The van der Waals surface area contributed by atoms with Crippen molar-refractivity contribution in [1.82, 2.24) is 19.1 Å². The van der Waals surface area contributed by atoms with Crippen LogP contribution in [0.25, 0.3) is 11.2 Å². The number of anilines is 2. The number of fused-ring (bicyclic) bond motifs is 1. The standard InChI is InChI=1S/C19H19FN6O2/c1-10-5-11(8-21)14(20)7-15(10)23-18-22-9-16-17(24-18)26(19(28)25(16)2)12-3-4-13(27)6-12/h5,7,9,12-13,27H,3-4,6H2,1-2H3,(H,22,23,24). The van der Waals surface area contributed by atoms with Gasteiger partial charge in [-0.2, -0.15) is 10.2 Å². The Bertz CT molecular complexity index is 1180. The summed E-state index contributed by atoms with van der Waals surface area (Å²) in [5.74, 6) is -0.411. The zero-order valence-corrected chi connectivity index (χ0v) is 15.5. The molecule has 0 bridgehead atoms. The van der Waals surface area contributed by atoms with Gasteiger partial charge in [-0.3, -0.25) is 9.13 Å². The quantitative estimate of drug-likeness (QED) is 0.719. The maximum Gasteiger partial charge on any atom is 0.330 e. The van der Waals surface area contributed by atoms with Crippen LogP contribution in [0, 0.1) is 24.1 Å². The van der Waals surface area contributed by atoms with Gasteiger partial charge in [-0.1, -0.05) is 0 Å². The first-order chi connectivity index (χ1) is 13.4. The van der Waals surface area contributed by atoms with Gasteiger partial charge in [0, 0.05) is 18.8 Å². The average molecular weight is 382 g/mol. The number of aryl methyl sites for hydroxylation is 2. The number of aromatic nitrogens is 4. The van der Waals surface area contributed by atoms with Crippen molar-refractivity contribution in [3.05, 3.63) is 45.8 Å². The van der Waals surface area contributed by atoms with Gasteiger partial charge >= 0.3 is 5.69 Å². The fourth-order valence-corrected chi connectivity index (χ4v) is 3.72. The lowest BCUT2D eigenvalue weighted by molar-refractivity contribution is 0.178. The molecule has 1 saturated carbocycles. The average Bonchev–Trinajstić information content (AvgIpc) is 3.19. The minimum atomic E-state index is -0.631. The van der Waals surface area contributed by atoms with Crippen LogP contribution in [0.3, 0.4) is 0 Å². The number of hydrogen-bond acceptors (Lipinski definition) is 6. The molecular weight excluding hydrogens is 363 g/mol. The number of rotatable bonds is 3. The summed E-state index contributed by atoms with van der Waals surface area (Å²) < 4.78 is 17.1. The highest BCUT2D eigenvalue weighted by molar-refractivity contribution is 5.73. The highest BCUT2D eigenvalue weighted by Gasteiger charge is 2.28. The first-order valence-electron chi connectivity index (χ1n) is 8.98. The number of hydrogen-bond donors (Lipinski definition) is 2. The van der Waals surface area contributed by atoms with Gasteiger partial charge < -0.3 is 10.4 Å². The Kier molecular flexibility index (Phi) is 4.35. The van der Waals surface area contributed by atoms with E-state index in [9.17, 15) is 14.3 Å². The van der Waals surface area contributed by atoms with Crippen LogP contribution in [-0.2, 0) is 7.05 Å². The van der Waals surface area contributed by atoms with Crippen molar-refractivity contribution in [2.75, 3.05) is 5.32 Å². The molecule has 0 amide bonds. The van der Waals surface area contributed by atoms with Crippen LogP contribution in [0.2, 0.25) is 0 Å². The molecule has 3 aromatic rings. The smallest absolute Gasteiger partial charge is 0.330 e. The number of benzene rings is 1.